The van der Waals surface area contributed by atoms with Gasteiger partial charge in [0.25, 0.3) is 0 Å². The zero-order valence-corrected chi connectivity index (χ0v) is 17.9. The second-order valence-electron chi connectivity index (χ2n) is 7.32. The van der Waals surface area contributed by atoms with Crippen molar-refractivity contribution in [1.82, 2.24) is 9.80 Å². The Labute approximate surface area is 175 Å². The number of piperidine rings is 1. The van der Waals surface area contributed by atoms with E-state index in [1.165, 1.54) is 45.7 Å². The van der Waals surface area contributed by atoms with Crippen LogP contribution in [-0.2, 0) is 0 Å². The van der Waals surface area contributed by atoms with Crippen LogP contribution >= 0.6 is 0 Å². The van der Waals surface area contributed by atoms with Crippen LogP contribution in [0.2, 0.25) is 0 Å². The third-order valence-corrected chi connectivity index (χ3v) is 4.74. The summed E-state index contributed by atoms with van der Waals surface area (Å²) in [6.45, 7) is 6.73. The van der Waals surface area contributed by atoms with Crippen LogP contribution in [0.3, 0.4) is 0 Å². The largest absolute Gasteiger partial charge is 0.393 e. The van der Waals surface area contributed by atoms with Gasteiger partial charge in [0.1, 0.15) is 0 Å². The molecule has 0 radical (unpaired) electrons. The molecule has 1 rings (SSSR count). The van der Waals surface area contributed by atoms with Gasteiger partial charge < -0.3 is 4.90 Å². The molecule has 190 valence electrons. The molecule has 1 fully saturated rings. The van der Waals surface area contributed by atoms with E-state index in [4.69, 9.17) is 0 Å². The topological polar surface area (TPSA) is 6.48 Å². The number of hydrogen-bond acceptors (Lipinski definition) is 2. The van der Waals surface area contributed by atoms with E-state index >= 15 is 0 Å². The maximum atomic E-state index is 13.2. The number of hydrogen-bond donors (Lipinski definition) is 0. The molecule has 0 aromatic carbocycles. The van der Waals surface area contributed by atoms with E-state index in [0.717, 1.165) is 0 Å². The lowest BCUT2D eigenvalue weighted by Crippen LogP contribution is -2.81. The molecule has 1 heterocycles. The van der Waals surface area contributed by atoms with Gasteiger partial charge in [-0.2, -0.15) is 48.8 Å². The molecule has 0 amide bonds. The Kier molecular flexibility index (Phi) is 12.4. The molecule has 0 atom stereocenters. The van der Waals surface area contributed by atoms with Gasteiger partial charge in [-0.25, -0.2) is 0 Å². The molecule has 1 aliphatic heterocycles. The van der Waals surface area contributed by atoms with Gasteiger partial charge in [-0.3, -0.25) is 4.70 Å². The number of alkyl halides is 10. The summed E-state index contributed by atoms with van der Waals surface area (Å²) in [4.78, 5) is 0.577. The van der Waals surface area contributed by atoms with Crippen molar-refractivity contribution in [2.75, 3.05) is 26.7 Å². The van der Waals surface area contributed by atoms with Crippen LogP contribution in [0.4, 0.5) is 48.6 Å². The third-order valence-electron chi connectivity index (χ3n) is 4.74. The molecule has 0 aromatic rings. The average molecular weight is 484 g/mol. The van der Waals surface area contributed by atoms with Crippen LogP contribution in [0, 0.1) is 0 Å². The second kappa shape index (κ2) is 11.9. The molecule has 1 aliphatic rings. The van der Waals surface area contributed by atoms with E-state index in [9.17, 15) is 43.9 Å². The smallest absolute Gasteiger partial charge is 0.306 e. The summed E-state index contributed by atoms with van der Waals surface area (Å²) in [5, 5.41) is 0. The van der Waals surface area contributed by atoms with Crippen molar-refractivity contribution in [2.45, 2.75) is 89.2 Å². The second-order valence-corrected chi connectivity index (χ2v) is 7.32. The monoisotopic (exact) mass is 484 g/mol. The van der Waals surface area contributed by atoms with Crippen LogP contribution in [0.5, 0.6) is 0 Å². The molecule has 1 saturated heterocycles. The van der Waals surface area contributed by atoms with Crippen molar-refractivity contribution >= 4 is 0 Å². The fourth-order valence-electron chi connectivity index (χ4n) is 2.66. The molecule has 0 aliphatic carbocycles. The lowest BCUT2D eigenvalue weighted by molar-refractivity contribution is -0.506. The highest BCUT2D eigenvalue weighted by Gasteiger charge is 2.94. The summed E-state index contributed by atoms with van der Waals surface area (Å²) in [6.07, 6.45) is 4.67. The van der Waals surface area contributed by atoms with Gasteiger partial charge in [-0.1, -0.05) is 40.0 Å². The molecule has 0 saturated carbocycles. The first kappa shape index (κ1) is 32.3. The van der Waals surface area contributed by atoms with Gasteiger partial charge in [0, 0.05) is 6.54 Å². The Bertz CT molecular complexity index is 475. The van der Waals surface area contributed by atoms with Crippen LogP contribution < -0.4 is 0 Å². The van der Waals surface area contributed by atoms with Crippen molar-refractivity contribution in [3.05, 3.63) is 0 Å². The zero-order chi connectivity index (χ0) is 24.0. The van der Waals surface area contributed by atoms with Gasteiger partial charge in [-0.15, -0.1) is 0 Å². The Morgan fingerprint density at radius 2 is 0.903 bits per heavy atom. The number of rotatable bonds is 9. The van der Waals surface area contributed by atoms with Crippen LogP contribution in [0.25, 0.3) is 0 Å². The minimum Gasteiger partial charge on any atom is -0.306 e. The Morgan fingerprint density at radius 1 is 0.581 bits per heavy atom. The average Bonchev–Trinajstić information content (AvgIpc) is 2.63. The number of unbranched alkanes of at least 4 members (excludes halogenated alkanes) is 3. The predicted octanol–water partition coefficient (Wildman–Crippen LogP) is 6.86. The summed E-state index contributed by atoms with van der Waals surface area (Å²) >= 11 is 0. The van der Waals surface area contributed by atoms with Crippen molar-refractivity contribution in [3.8, 4) is 0 Å². The van der Waals surface area contributed by atoms with E-state index in [1.54, 1.807) is 0 Å². The van der Waals surface area contributed by atoms with Crippen molar-refractivity contribution < 1.29 is 48.6 Å². The normalized spacial score (nSPS) is 22.9. The summed E-state index contributed by atoms with van der Waals surface area (Å²) in [5.41, 5.74) is 0. The van der Waals surface area contributed by atoms with E-state index in [1.807, 2.05) is 0 Å². The molecular formula is C18H31F11N2. The van der Waals surface area contributed by atoms with Crippen LogP contribution in [-0.4, -0.2) is 66.3 Å². The van der Waals surface area contributed by atoms with Gasteiger partial charge in [0.2, 0.25) is 0 Å². The third kappa shape index (κ3) is 6.14. The number of halogens is 11. The van der Waals surface area contributed by atoms with Crippen molar-refractivity contribution in [3.63, 3.8) is 0 Å². The minimum absolute atomic E-state index is 0. The predicted molar refractivity (Wildman–Crippen MR) is 96.2 cm³/mol. The van der Waals surface area contributed by atoms with Gasteiger partial charge >= 0.3 is 29.9 Å². The van der Waals surface area contributed by atoms with Crippen LogP contribution in [0.15, 0.2) is 0 Å². The standard InChI is InChI=1S/C9H9F10N.C9H21N.FH/c1-2-3-4-20-8(16,17)6(12,13)5(10,11)7(14,15)9(20,18)19;1-4-6-8-10(3)9-7-5-2;/h2-4H2,1H3;4-9H2,1-3H3;1H. The van der Waals surface area contributed by atoms with E-state index in [2.05, 4.69) is 25.8 Å². The first-order chi connectivity index (χ1) is 13.5. The Hall–Kier alpha value is -0.850. The fraction of sp³-hybridized carbons (Fsp3) is 1.00. The Balaban J connectivity index is 0. The molecule has 0 spiro atoms. The minimum atomic E-state index is -6.89. The van der Waals surface area contributed by atoms with E-state index in [0.29, 0.717) is 0 Å². The van der Waals surface area contributed by atoms with Crippen molar-refractivity contribution in [2.24, 2.45) is 0 Å². The summed E-state index contributed by atoms with van der Waals surface area (Å²) in [6, 6.07) is -12.2. The fourth-order valence-corrected chi connectivity index (χ4v) is 2.66. The first-order valence-electron chi connectivity index (χ1n) is 9.85. The molecule has 0 aromatic heterocycles. The highest BCUT2D eigenvalue weighted by atomic mass is 19.4. The maximum Gasteiger partial charge on any atom is 0.393 e. The molecule has 0 unspecified atom stereocenters. The molecule has 13 heteroatoms. The van der Waals surface area contributed by atoms with Crippen molar-refractivity contribution in [1.29, 1.82) is 0 Å². The maximum absolute atomic E-state index is 13.2. The summed E-state index contributed by atoms with van der Waals surface area (Å²) in [5.74, 6) is -20.2. The summed E-state index contributed by atoms with van der Waals surface area (Å²) in [7, 11) is 2.21. The lowest BCUT2D eigenvalue weighted by Gasteiger charge is -2.51. The molecule has 2 nitrogen and oxygen atoms in total. The molecular weight excluding hydrogens is 453 g/mol. The summed E-state index contributed by atoms with van der Waals surface area (Å²) < 4.78 is 130. The van der Waals surface area contributed by atoms with Gasteiger partial charge in [0.05, 0.1) is 0 Å². The molecule has 0 N–H and O–H groups in total. The molecule has 0 bridgehead atoms. The lowest BCUT2D eigenvalue weighted by atomic mass is 9.93. The highest BCUT2D eigenvalue weighted by Crippen LogP contribution is 2.64. The SMILES string of the molecule is CCCCN(C)CCCC.CCCCN1C(F)(F)C(F)(F)C(F)(F)C(F)(F)C1(F)F.F. The quantitative estimate of drug-likeness (QED) is 0.261. The van der Waals surface area contributed by atoms with E-state index in [-0.39, 0.29) is 11.1 Å². The molecule has 31 heavy (non-hydrogen) atoms. The Morgan fingerprint density at radius 3 is 1.19 bits per heavy atom. The number of likely N-dealkylation sites (tertiary alicyclic amines) is 1. The van der Waals surface area contributed by atoms with Gasteiger partial charge in [0.15, 0.2) is 0 Å². The van der Waals surface area contributed by atoms with E-state index < -0.39 is 47.7 Å². The number of nitrogens with zero attached hydrogens (tertiary/aromatic N) is 2. The highest BCUT2D eigenvalue weighted by molar-refractivity contribution is 5.14. The first-order valence-corrected chi connectivity index (χ1v) is 9.85. The van der Waals surface area contributed by atoms with Crippen LogP contribution in [0.1, 0.15) is 59.3 Å². The van der Waals surface area contributed by atoms with Gasteiger partial charge in [-0.05, 0) is 39.4 Å². The zero-order valence-electron chi connectivity index (χ0n) is 17.9.